The Morgan fingerprint density at radius 2 is 2.17 bits per heavy atom. The standard InChI is InChI=1S/C7H10F2N2O/c1-7(2,3-4-10)5(11-12)6(8)9/h6,12H,3H2,1-2H3/b11-5-. The minimum atomic E-state index is -2.82. The van der Waals surface area contributed by atoms with E-state index in [2.05, 4.69) is 5.16 Å². The van der Waals surface area contributed by atoms with Gasteiger partial charge in [0.2, 0.25) is 0 Å². The predicted octanol–water partition coefficient (Wildman–Crippen LogP) is 2.02. The SMILES string of the molecule is CC(C)(CC#N)/C(=N\O)C(F)F. The van der Waals surface area contributed by atoms with E-state index < -0.39 is 17.6 Å². The van der Waals surface area contributed by atoms with Gasteiger partial charge >= 0.3 is 0 Å². The minimum Gasteiger partial charge on any atom is -0.411 e. The second-order valence-electron chi connectivity index (χ2n) is 3.00. The van der Waals surface area contributed by atoms with Crippen LogP contribution in [0.3, 0.4) is 0 Å². The zero-order chi connectivity index (χ0) is 9.78. The van der Waals surface area contributed by atoms with E-state index in [1.54, 1.807) is 6.07 Å². The molecule has 0 rings (SSSR count). The molecule has 5 heteroatoms. The van der Waals surface area contributed by atoms with Crippen molar-refractivity contribution in [3.63, 3.8) is 0 Å². The molecule has 0 amide bonds. The van der Waals surface area contributed by atoms with Gasteiger partial charge in [0.15, 0.2) is 0 Å². The maximum Gasteiger partial charge on any atom is 0.280 e. The Balaban J connectivity index is 4.64. The Kier molecular flexibility index (Phi) is 3.61. The molecule has 0 saturated carbocycles. The van der Waals surface area contributed by atoms with E-state index in [0.29, 0.717) is 0 Å². The molecule has 0 aliphatic heterocycles. The molecule has 0 aromatic heterocycles. The van der Waals surface area contributed by atoms with Crippen molar-refractivity contribution in [2.45, 2.75) is 26.7 Å². The summed E-state index contributed by atoms with van der Waals surface area (Å²) >= 11 is 0. The molecule has 12 heavy (non-hydrogen) atoms. The molecule has 0 bridgehead atoms. The molecular formula is C7H10F2N2O. The molecule has 0 fully saturated rings. The van der Waals surface area contributed by atoms with E-state index in [1.165, 1.54) is 13.8 Å². The van der Waals surface area contributed by atoms with Gasteiger partial charge in [-0.1, -0.05) is 19.0 Å². The number of oxime groups is 1. The van der Waals surface area contributed by atoms with E-state index in [0.717, 1.165) is 0 Å². The summed E-state index contributed by atoms with van der Waals surface area (Å²) < 4.78 is 24.2. The van der Waals surface area contributed by atoms with Gasteiger partial charge in [0.1, 0.15) is 5.71 Å². The van der Waals surface area contributed by atoms with Gasteiger partial charge < -0.3 is 5.21 Å². The zero-order valence-electron chi connectivity index (χ0n) is 6.88. The van der Waals surface area contributed by atoms with Crippen molar-refractivity contribution in [1.29, 1.82) is 5.26 Å². The maximum absolute atomic E-state index is 12.1. The van der Waals surface area contributed by atoms with Crippen molar-refractivity contribution in [3.8, 4) is 6.07 Å². The summed E-state index contributed by atoms with van der Waals surface area (Å²) in [5.74, 6) is 0. The van der Waals surface area contributed by atoms with Crippen LogP contribution < -0.4 is 0 Å². The van der Waals surface area contributed by atoms with E-state index in [9.17, 15) is 8.78 Å². The number of halogens is 2. The molecule has 1 N–H and O–H groups in total. The minimum absolute atomic E-state index is 0.100. The highest BCUT2D eigenvalue weighted by Gasteiger charge is 2.32. The lowest BCUT2D eigenvalue weighted by Crippen LogP contribution is -2.30. The summed E-state index contributed by atoms with van der Waals surface area (Å²) in [6.45, 7) is 2.86. The Morgan fingerprint density at radius 3 is 2.42 bits per heavy atom. The fraction of sp³-hybridized carbons (Fsp3) is 0.714. The first-order valence-corrected chi connectivity index (χ1v) is 3.33. The third kappa shape index (κ3) is 2.46. The number of nitrogens with zero attached hydrogens (tertiary/aromatic N) is 2. The van der Waals surface area contributed by atoms with Gasteiger partial charge in [-0.05, 0) is 0 Å². The van der Waals surface area contributed by atoms with Gasteiger partial charge in [-0.25, -0.2) is 8.78 Å². The lowest BCUT2D eigenvalue weighted by molar-refractivity contribution is 0.196. The van der Waals surface area contributed by atoms with Crippen LogP contribution in [-0.2, 0) is 0 Å². The molecule has 0 heterocycles. The first kappa shape index (κ1) is 10.8. The molecule has 0 aliphatic rings. The van der Waals surface area contributed by atoms with Crippen molar-refractivity contribution in [1.82, 2.24) is 0 Å². The second-order valence-corrected chi connectivity index (χ2v) is 3.00. The molecule has 0 unspecified atom stereocenters. The van der Waals surface area contributed by atoms with Crippen LogP contribution in [0.25, 0.3) is 0 Å². The predicted molar refractivity (Wildman–Crippen MR) is 39.2 cm³/mol. The van der Waals surface area contributed by atoms with Gasteiger partial charge in [-0.3, -0.25) is 0 Å². The summed E-state index contributed by atoms with van der Waals surface area (Å²) in [7, 11) is 0. The highest BCUT2D eigenvalue weighted by Crippen LogP contribution is 2.25. The Morgan fingerprint density at radius 1 is 1.67 bits per heavy atom. The Labute approximate surface area is 69.3 Å². The summed E-state index contributed by atoms with van der Waals surface area (Å²) in [6.07, 6.45) is -2.92. The first-order valence-electron chi connectivity index (χ1n) is 3.33. The van der Waals surface area contributed by atoms with Crippen LogP contribution in [0.15, 0.2) is 5.16 Å². The quantitative estimate of drug-likeness (QED) is 0.406. The van der Waals surface area contributed by atoms with E-state index in [1.807, 2.05) is 0 Å². The number of alkyl halides is 2. The van der Waals surface area contributed by atoms with Crippen molar-refractivity contribution in [2.24, 2.45) is 10.6 Å². The normalized spacial score (nSPS) is 13.2. The van der Waals surface area contributed by atoms with Gasteiger partial charge in [0.05, 0.1) is 6.07 Å². The third-order valence-electron chi connectivity index (χ3n) is 1.53. The van der Waals surface area contributed by atoms with Gasteiger partial charge in [0.25, 0.3) is 6.43 Å². The van der Waals surface area contributed by atoms with E-state index in [4.69, 9.17) is 10.5 Å². The van der Waals surface area contributed by atoms with Crippen LogP contribution >= 0.6 is 0 Å². The lowest BCUT2D eigenvalue weighted by atomic mass is 9.84. The van der Waals surface area contributed by atoms with Gasteiger partial charge in [-0.15, -0.1) is 0 Å². The summed E-state index contributed by atoms with van der Waals surface area (Å²) in [4.78, 5) is 0. The molecule has 0 saturated heterocycles. The van der Waals surface area contributed by atoms with Gasteiger partial charge in [-0.2, -0.15) is 5.26 Å². The van der Waals surface area contributed by atoms with Crippen LogP contribution in [0.2, 0.25) is 0 Å². The van der Waals surface area contributed by atoms with Crippen molar-refractivity contribution < 1.29 is 14.0 Å². The number of nitriles is 1. The van der Waals surface area contributed by atoms with E-state index >= 15 is 0 Å². The van der Waals surface area contributed by atoms with Crippen molar-refractivity contribution >= 4 is 5.71 Å². The molecule has 0 aromatic carbocycles. The number of hydrogen-bond acceptors (Lipinski definition) is 3. The lowest BCUT2D eigenvalue weighted by Gasteiger charge is -2.21. The molecule has 3 nitrogen and oxygen atoms in total. The molecule has 0 radical (unpaired) electrons. The monoisotopic (exact) mass is 176 g/mol. The fourth-order valence-corrected chi connectivity index (χ4v) is 0.763. The summed E-state index contributed by atoms with van der Waals surface area (Å²) in [5.41, 5.74) is -1.72. The first-order chi connectivity index (χ1) is 5.45. The molecule has 0 aromatic rings. The van der Waals surface area contributed by atoms with Crippen molar-refractivity contribution in [3.05, 3.63) is 0 Å². The Hall–Kier alpha value is -1.18. The second kappa shape index (κ2) is 4.00. The maximum atomic E-state index is 12.1. The van der Waals surface area contributed by atoms with Gasteiger partial charge in [0, 0.05) is 11.8 Å². The van der Waals surface area contributed by atoms with Crippen LogP contribution in [0.1, 0.15) is 20.3 Å². The van der Waals surface area contributed by atoms with Crippen LogP contribution in [0.4, 0.5) is 8.78 Å². The van der Waals surface area contributed by atoms with E-state index in [-0.39, 0.29) is 6.42 Å². The molecule has 0 atom stereocenters. The van der Waals surface area contributed by atoms with Crippen LogP contribution in [0, 0.1) is 16.7 Å². The Bertz CT molecular complexity index is 218. The largest absolute Gasteiger partial charge is 0.411 e. The molecule has 68 valence electrons. The van der Waals surface area contributed by atoms with Crippen molar-refractivity contribution in [2.75, 3.05) is 0 Å². The molecule has 0 aliphatic carbocycles. The topological polar surface area (TPSA) is 56.4 Å². The highest BCUT2D eigenvalue weighted by atomic mass is 19.3. The average Bonchev–Trinajstić information content (AvgIpc) is 1.86. The smallest absolute Gasteiger partial charge is 0.280 e. The average molecular weight is 176 g/mol. The van der Waals surface area contributed by atoms with Crippen LogP contribution in [0.5, 0.6) is 0 Å². The summed E-state index contributed by atoms with van der Waals surface area (Å²) in [6, 6.07) is 1.75. The fourth-order valence-electron chi connectivity index (χ4n) is 0.763. The summed E-state index contributed by atoms with van der Waals surface area (Å²) in [5, 5.41) is 19.0. The molecular weight excluding hydrogens is 166 g/mol. The van der Waals surface area contributed by atoms with Crippen LogP contribution in [-0.4, -0.2) is 17.3 Å². The molecule has 0 spiro atoms. The number of rotatable bonds is 3. The zero-order valence-corrected chi connectivity index (χ0v) is 6.88. The highest BCUT2D eigenvalue weighted by molar-refractivity contribution is 5.92. The number of hydrogen-bond donors (Lipinski definition) is 1. The third-order valence-corrected chi connectivity index (χ3v) is 1.53.